The number of carbonyl (C=O) groups excluding carboxylic acids is 1. The molecule has 2 amide bonds. The quantitative estimate of drug-likeness (QED) is 0.925. The summed E-state index contributed by atoms with van der Waals surface area (Å²) in [6.07, 6.45) is -2.57. The highest BCUT2D eigenvalue weighted by molar-refractivity contribution is 5.74. The number of nitrogens with zero attached hydrogens (tertiary/aromatic N) is 2. The third-order valence-corrected chi connectivity index (χ3v) is 3.51. The molecule has 1 aromatic rings. The first-order valence-electron chi connectivity index (χ1n) is 7.33. The fraction of sp³-hybridized carbons (Fsp3) is 0.600. The predicted octanol–water partition coefficient (Wildman–Crippen LogP) is 2.38. The molecule has 1 unspecified atom stereocenters. The van der Waals surface area contributed by atoms with Crippen molar-refractivity contribution < 1.29 is 22.7 Å². The van der Waals surface area contributed by atoms with E-state index in [1.54, 1.807) is 26.2 Å². The molecule has 2 heterocycles. The van der Waals surface area contributed by atoms with E-state index in [1.807, 2.05) is 12.1 Å². The van der Waals surface area contributed by atoms with Gasteiger partial charge in [-0.2, -0.15) is 13.2 Å². The van der Waals surface area contributed by atoms with Gasteiger partial charge < -0.3 is 15.0 Å². The molecular weight excluding hydrogens is 311 g/mol. The van der Waals surface area contributed by atoms with E-state index >= 15 is 0 Å². The van der Waals surface area contributed by atoms with Gasteiger partial charge in [0.2, 0.25) is 0 Å². The number of carbonyl (C=O) groups is 1. The standard InChI is InChI=1S/C15H20F3N3O2/c1-14(2)10-21(9-12(23-14)15(16,17)18)13(22)20-8-5-11-3-6-19-7-4-11/h3-4,6-7,12H,5,8-10H2,1-2H3,(H,20,22). The number of pyridine rings is 1. The van der Waals surface area contributed by atoms with E-state index in [0.29, 0.717) is 13.0 Å². The van der Waals surface area contributed by atoms with Crippen molar-refractivity contribution in [2.45, 2.75) is 38.1 Å². The molecule has 1 aliphatic rings. The van der Waals surface area contributed by atoms with Gasteiger partial charge in [-0.1, -0.05) is 0 Å². The van der Waals surface area contributed by atoms with Crippen molar-refractivity contribution in [3.63, 3.8) is 0 Å². The fourth-order valence-corrected chi connectivity index (χ4v) is 2.48. The van der Waals surface area contributed by atoms with Gasteiger partial charge in [-0.05, 0) is 38.0 Å². The van der Waals surface area contributed by atoms with Crippen LogP contribution in [0.15, 0.2) is 24.5 Å². The number of hydrogen-bond acceptors (Lipinski definition) is 3. The highest BCUT2D eigenvalue weighted by Gasteiger charge is 2.49. The van der Waals surface area contributed by atoms with Crippen molar-refractivity contribution in [1.82, 2.24) is 15.2 Å². The molecule has 0 saturated carbocycles. The van der Waals surface area contributed by atoms with Gasteiger partial charge >= 0.3 is 12.2 Å². The zero-order valence-electron chi connectivity index (χ0n) is 13.1. The predicted molar refractivity (Wildman–Crippen MR) is 77.9 cm³/mol. The lowest BCUT2D eigenvalue weighted by atomic mass is 10.1. The van der Waals surface area contributed by atoms with Gasteiger partial charge in [0.25, 0.3) is 0 Å². The van der Waals surface area contributed by atoms with Crippen LogP contribution in [-0.4, -0.2) is 53.4 Å². The maximum atomic E-state index is 12.9. The van der Waals surface area contributed by atoms with E-state index in [2.05, 4.69) is 10.3 Å². The third-order valence-electron chi connectivity index (χ3n) is 3.51. The molecular formula is C15H20F3N3O2. The Balaban J connectivity index is 1.90. The molecule has 23 heavy (non-hydrogen) atoms. The Hall–Kier alpha value is -1.83. The summed E-state index contributed by atoms with van der Waals surface area (Å²) in [5, 5.41) is 2.65. The number of nitrogens with one attached hydrogen (secondary N) is 1. The molecule has 1 atom stereocenters. The normalized spacial score (nSPS) is 21.1. The van der Waals surface area contributed by atoms with Crippen LogP contribution in [0.5, 0.6) is 0 Å². The first-order valence-corrected chi connectivity index (χ1v) is 7.33. The average Bonchev–Trinajstić information content (AvgIpc) is 2.45. The number of halogens is 3. The maximum Gasteiger partial charge on any atom is 0.416 e. The zero-order valence-corrected chi connectivity index (χ0v) is 13.1. The summed E-state index contributed by atoms with van der Waals surface area (Å²) in [4.78, 5) is 17.2. The summed E-state index contributed by atoms with van der Waals surface area (Å²) in [6, 6.07) is 3.14. The van der Waals surface area contributed by atoms with E-state index < -0.39 is 30.5 Å². The van der Waals surface area contributed by atoms with Crippen LogP contribution in [-0.2, 0) is 11.2 Å². The third kappa shape index (κ3) is 5.09. The largest absolute Gasteiger partial charge is 0.416 e. The van der Waals surface area contributed by atoms with E-state index in [-0.39, 0.29) is 6.54 Å². The summed E-state index contributed by atoms with van der Waals surface area (Å²) in [5.74, 6) is 0. The number of ether oxygens (including phenoxy) is 1. The minimum atomic E-state index is -4.49. The summed E-state index contributed by atoms with van der Waals surface area (Å²) in [5.41, 5.74) is -0.0447. The lowest BCUT2D eigenvalue weighted by Crippen LogP contribution is -2.60. The minimum absolute atomic E-state index is 0.112. The van der Waals surface area contributed by atoms with E-state index in [1.165, 1.54) is 0 Å². The van der Waals surface area contributed by atoms with Crippen LogP contribution < -0.4 is 5.32 Å². The van der Waals surface area contributed by atoms with E-state index in [4.69, 9.17) is 4.74 Å². The maximum absolute atomic E-state index is 12.9. The van der Waals surface area contributed by atoms with Crippen LogP contribution >= 0.6 is 0 Å². The van der Waals surface area contributed by atoms with Gasteiger partial charge in [0.05, 0.1) is 18.7 Å². The smallest absolute Gasteiger partial charge is 0.359 e. The first kappa shape index (κ1) is 17.5. The molecule has 5 nitrogen and oxygen atoms in total. The Labute approximate surface area is 132 Å². The van der Waals surface area contributed by atoms with Crippen molar-refractivity contribution in [3.8, 4) is 0 Å². The molecule has 1 aliphatic heterocycles. The zero-order chi connectivity index (χ0) is 17.1. The second-order valence-electron chi connectivity index (χ2n) is 6.13. The number of alkyl halides is 3. The molecule has 128 valence electrons. The van der Waals surface area contributed by atoms with Crippen molar-refractivity contribution in [3.05, 3.63) is 30.1 Å². The van der Waals surface area contributed by atoms with Gasteiger partial charge in [0.15, 0.2) is 6.10 Å². The second kappa shape index (κ2) is 6.74. The van der Waals surface area contributed by atoms with Crippen molar-refractivity contribution >= 4 is 6.03 Å². The van der Waals surface area contributed by atoms with Crippen LogP contribution in [0.2, 0.25) is 0 Å². The van der Waals surface area contributed by atoms with Crippen LogP contribution in [0.25, 0.3) is 0 Å². The van der Waals surface area contributed by atoms with Crippen LogP contribution in [0.1, 0.15) is 19.4 Å². The SMILES string of the molecule is CC1(C)CN(C(=O)NCCc2ccncc2)CC(C(F)(F)F)O1. The highest BCUT2D eigenvalue weighted by Crippen LogP contribution is 2.31. The van der Waals surface area contributed by atoms with Gasteiger partial charge in [0, 0.05) is 18.9 Å². The Morgan fingerprint density at radius 1 is 1.43 bits per heavy atom. The van der Waals surface area contributed by atoms with Crippen molar-refractivity contribution in [2.75, 3.05) is 19.6 Å². The van der Waals surface area contributed by atoms with Crippen LogP contribution in [0.4, 0.5) is 18.0 Å². The van der Waals surface area contributed by atoms with Gasteiger partial charge in [0.1, 0.15) is 0 Å². The summed E-state index contributed by atoms with van der Waals surface area (Å²) in [7, 11) is 0. The Kier molecular flexibility index (Phi) is 5.13. The molecule has 1 aromatic heterocycles. The van der Waals surface area contributed by atoms with Crippen LogP contribution in [0.3, 0.4) is 0 Å². The van der Waals surface area contributed by atoms with Gasteiger partial charge in [-0.25, -0.2) is 4.79 Å². The molecule has 0 bridgehead atoms. The minimum Gasteiger partial charge on any atom is -0.359 e. The van der Waals surface area contributed by atoms with Crippen LogP contribution in [0, 0.1) is 0 Å². The highest BCUT2D eigenvalue weighted by atomic mass is 19.4. The molecule has 0 aliphatic carbocycles. The topological polar surface area (TPSA) is 54.5 Å². The lowest BCUT2D eigenvalue weighted by Gasteiger charge is -2.43. The fourth-order valence-electron chi connectivity index (χ4n) is 2.48. The Morgan fingerprint density at radius 3 is 2.70 bits per heavy atom. The number of morpholine rings is 1. The summed E-state index contributed by atoms with van der Waals surface area (Å²) >= 11 is 0. The molecule has 1 N–H and O–H groups in total. The summed E-state index contributed by atoms with van der Waals surface area (Å²) < 4.78 is 43.8. The van der Waals surface area contributed by atoms with Crippen molar-refractivity contribution in [2.24, 2.45) is 0 Å². The number of amides is 2. The van der Waals surface area contributed by atoms with Gasteiger partial charge in [-0.15, -0.1) is 0 Å². The number of urea groups is 1. The molecule has 2 rings (SSSR count). The van der Waals surface area contributed by atoms with E-state index in [9.17, 15) is 18.0 Å². The molecule has 0 aromatic carbocycles. The van der Waals surface area contributed by atoms with E-state index in [0.717, 1.165) is 10.5 Å². The molecule has 1 saturated heterocycles. The number of aromatic nitrogens is 1. The monoisotopic (exact) mass is 331 g/mol. The number of rotatable bonds is 3. The Morgan fingerprint density at radius 2 is 2.09 bits per heavy atom. The Bertz CT molecular complexity index is 535. The van der Waals surface area contributed by atoms with Crippen molar-refractivity contribution in [1.29, 1.82) is 0 Å². The number of hydrogen-bond donors (Lipinski definition) is 1. The molecule has 0 radical (unpaired) electrons. The first-order chi connectivity index (χ1) is 10.7. The molecule has 0 spiro atoms. The molecule has 1 fully saturated rings. The summed E-state index contributed by atoms with van der Waals surface area (Å²) in [6.45, 7) is 3.05. The van der Waals surface area contributed by atoms with Gasteiger partial charge in [-0.3, -0.25) is 4.98 Å². The lowest BCUT2D eigenvalue weighted by molar-refractivity contribution is -0.267. The second-order valence-corrected chi connectivity index (χ2v) is 6.13. The average molecular weight is 331 g/mol. The molecule has 8 heteroatoms.